The van der Waals surface area contributed by atoms with Crippen molar-refractivity contribution in [3.8, 4) is 6.07 Å². The molecular formula is C18H25BrN4O2S. The quantitative estimate of drug-likeness (QED) is 0.721. The zero-order chi connectivity index (χ0) is 18.7. The van der Waals surface area contributed by atoms with Crippen LogP contribution in [0.25, 0.3) is 0 Å². The number of benzene rings is 1. The number of nitriles is 1. The van der Waals surface area contributed by atoms with Crippen LogP contribution >= 0.6 is 15.9 Å². The van der Waals surface area contributed by atoms with E-state index in [9.17, 15) is 8.42 Å². The minimum absolute atomic E-state index is 0.138. The van der Waals surface area contributed by atoms with E-state index in [-0.39, 0.29) is 6.04 Å². The van der Waals surface area contributed by atoms with Crippen molar-refractivity contribution in [3.05, 3.63) is 28.2 Å². The summed E-state index contributed by atoms with van der Waals surface area (Å²) in [5, 5.41) is 8.98. The Bertz CT molecular complexity index is 779. The predicted molar refractivity (Wildman–Crippen MR) is 106 cm³/mol. The number of piperazine rings is 1. The first kappa shape index (κ1) is 19.6. The van der Waals surface area contributed by atoms with E-state index in [4.69, 9.17) is 5.26 Å². The lowest BCUT2D eigenvalue weighted by molar-refractivity contribution is 0.259. The summed E-state index contributed by atoms with van der Waals surface area (Å²) in [6.07, 6.45) is 5.38. The van der Waals surface area contributed by atoms with Crippen molar-refractivity contribution in [2.45, 2.75) is 38.1 Å². The van der Waals surface area contributed by atoms with Crippen molar-refractivity contribution in [2.24, 2.45) is 0 Å². The molecule has 0 aromatic heterocycles. The second-order valence-electron chi connectivity index (χ2n) is 6.98. The number of nitrogens with zero attached hydrogens (tertiary/aromatic N) is 4. The zero-order valence-corrected chi connectivity index (χ0v) is 17.5. The first-order chi connectivity index (χ1) is 12.4. The highest BCUT2D eigenvalue weighted by Gasteiger charge is 2.34. The van der Waals surface area contributed by atoms with Crippen LogP contribution in [0.1, 0.15) is 37.7 Å². The van der Waals surface area contributed by atoms with E-state index >= 15 is 0 Å². The summed E-state index contributed by atoms with van der Waals surface area (Å²) in [6.45, 7) is 2.24. The molecule has 0 radical (unpaired) electrons. The normalized spacial score (nSPS) is 20.3. The molecule has 0 N–H and O–H groups in total. The predicted octanol–water partition coefficient (Wildman–Crippen LogP) is 2.95. The number of hydrogen-bond donors (Lipinski definition) is 0. The van der Waals surface area contributed by atoms with Crippen LogP contribution in [0.4, 0.5) is 5.69 Å². The monoisotopic (exact) mass is 440 g/mol. The molecule has 1 saturated heterocycles. The molecule has 0 unspecified atom stereocenters. The summed E-state index contributed by atoms with van der Waals surface area (Å²) in [4.78, 5) is 2.16. The van der Waals surface area contributed by atoms with Gasteiger partial charge in [-0.15, -0.1) is 0 Å². The van der Waals surface area contributed by atoms with Gasteiger partial charge < -0.3 is 4.90 Å². The van der Waals surface area contributed by atoms with Gasteiger partial charge in [0.2, 0.25) is 0 Å². The van der Waals surface area contributed by atoms with Crippen molar-refractivity contribution in [2.75, 3.05) is 38.1 Å². The van der Waals surface area contributed by atoms with Gasteiger partial charge in [0.1, 0.15) is 0 Å². The molecule has 2 fully saturated rings. The van der Waals surface area contributed by atoms with Gasteiger partial charge in [-0.3, -0.25) is 0 Å². The molecule has 2 aliphatic rings. The highest BCUT2D eigenvalue weighted by Crippen LogP contribution is 2.29. The van der Waals surface area contributed by atoms with Gasteiger partial charge in [0.15, 0.2) is 0 Å². The zero-order valence-electron chi connectivity index (χ0n) is 15.1. The maximum atomic E-state index is 13.0. The fourth-order valence-corrected chi connectivity index (χ4v) is 6.01. The fraction of sp³-hybridized carbons (Fsp3) is 0.611. The van der Waals surface area contributed by atoms with Gasteiger partial charge in [-0.25, -0.2) is 0 Å². The average Bonchev–Trinajstić information content (AvgIpc) is 2.68. The minimum atomic E-state index is -3.40. The standard InChI is InChI=1S/C18H25BrN4O2S/c1-21(16-5-3-2-4-6-16)26(24,25)23-11-9-22(10-12-23)18-8-7-15(14-20)13-17(18)19/h7-8,13,16H,2-6,9-12H2,1H3. The fourth-order valence-electron chi connectivity index (χ4n) is 3.81. The molecule has 1 aliphatic heterocycles. The molecule has 0 bridgehead atoms. The van der Waals surface area contributed by atoms with E-state index in [1.807, 2.05) is 6.07 Å². The Labute approximate surface area is 164 Å². The summed E-state index contributed by atoms with van der Waals surface area (Å²) in [6, 6.07) is 7.78. The molecule has 1 aromatic carbocycles. The molecule has 1 saturated carbocycles. The molecule has 0 amide bonds. The minimum Gasteiger partial charge on any atom is -0.368 e. The van der Waals surface area contributed by atoms with Gasteiger partial charge in [-0.2, -0.15) is 22.3 Å². The number of halogens is 1. The average molecular weight is 441 g/mol. The van der Waals surface area contributed by atoms with E-state index in [0.717, 1.165) is 35.8 Å². The highest BCUT2D eigenvalue weighted by atomic mass is 79.9. The second-order valence-corrected chi connectivity index (χ2v) is 9.82. The number of anilines is 1. The summed E-state index contributed by atoms with van der Waals surface area (Å²) in [5.41, 5.74) is 1.61. The van der Waals surface area contributed by atoms with E-state index in [0.29, 0.717) is 31.7 Å². The van der Waals surface area contributed by atoms with Crippen LogP contribution in [0.3, 0.4) is 0 Å². The van der Waals surface area contributed by atoms with E-state index < -0.39 is 10.2 Å². The van der Waals surface area contributed by atoms with Crippen LogP contribution in [-0.2, 0) is 10.2 Å². The van der Waals surface area contributed by atoms with Crippen LogP contribution in [0.5, 0.6) is 0 Å². The van der Waals surface area contributed by atoms with E-state index in [2.05, 4.69) is 26.9 Å². The van der Waals surface area contributed by atoms with Crippen LogP contribution < -0.4 is 4.90 Å². The Morgan fingerprint density at radius 2 is 1.81 bits per heavy atom. The van der Waals surface area contributed by atoms with Crippen molar-refractivity contribution in [1.82, 2.24) is 8.61 Å². The summed E-state index contributed by atoms with van der Waals surface area (Å²) >= 11 is 3.52. The third-order valence-electron chi connectivity index (χ3n) is 5.44. The Morgan fingerprint density at radius 1 is 1.15 bits per heavy atom. The molecule has 26 heavy (non-hydrogen) atoms. The Morgan fingerprint density at radius 3 is 2.38 bits per heavy atom. The molecule has 8 heteroatoms. The van der Waals surface area contributed by atoms with Crippen molar-refractivity contribution in [1.29, 1.82) is 5.26 Å². The smallest absolute Gasteiger partial charge is 0.282 e. The molecular weight excluding hydrogens is 416 g/mol. The molecule has 1 aromatic rings. The van der Waals surface area contributed by atoms with E-state index in [1.54, 1.807) is 27.8 Å². The molecule has 1 aliphatic carbocycles. The van der Waals surface area contributed by atoms with Crippen LogP contribution in [0, 0.1) is 11.3 Å². The summed E-state index contributed by atoms with van der Waals surface area (Å²) in [5.74, 6) is 0. The van der Waals surface area contributed by atoms with Crippen LogP contribution in [0.15, 0.2) is 22.7 Å². The lowest BCUT2D eigenvalue weighted by atomic mass is 9.96. The van der Waals surface area contributed by atoms with Gasteiger partial charge in [0.05, 0.1) is 17.3 Å². The second kappa shape index (κ2) is 8.26. The first-order valence-corrected chi connectivity index (χ1v) is 11.3. The largest absolute Gasteiger partial charge is 0.368 e. The van der Waals surface area contributed by atoms with Crippen LogP contribution in [-0.4, -0.2) is 56.3 Å². The molecule has 1 heterocycles. The van der Waals surface area contributed by atoms with Gasteiger partial charge in [-0.05, 0) is 47.0 Å². The van der Waals surface area contributed by atoms with Crippen LogP contribution in [0.2, 0.25) is 0 Å². The topological polar surface area (TPSA) is 67.7 Å². The maximum Gasteiger partial charge on any atom is 0.282 e. The summed E-state index contributed by atoms with van der Waals surface area (Å²) in [7, 11) is -1.67. The Kier molecular flexibility index (Phi) is 6.23. The Balaban J connectivity index is 1.65. The van der Waals surface area contributed by atoms with Gasteiger partial charge in [0.25, 0.3) is 10.2 Å². The van der Waals surface area contributed by atoms with E-state index in [1.165, 1.54) is 6.42 Å². The van der Waals surface area contributed by atoms with Gasteiger partial charge >= 0.3 is 0 Å². The van der Waals surface area contributed by atoms with Crippen molar-refractivity contribution >= 4 is 31.8 Å². The maximum absolute atomic E-state index is 13.0. The SMILES string of the molecule is CN(C1CCCCC1)S(=O)(=O)N1CCN(c2ccc(C#N)cc2Br)CC1. The lowest BCUT2D eigenvalue weighted by Gasteiger charge is -2.39. The van der Waals surface area contributed by atoms with Crippen molar-refractivity contribution < 1.29 is 8.42 Å². The highest BCUT2D eigenvalue weighted by molar-refractivity contribution is 9.10. The number of rotatable bonds is 4. The third-order valence-corrected chi connectivity index (χ3v) is 8.11. The lowest BCUT2D eigenvalue weighted by Crippen LogP contribution is -2.54. The van der Waals surface area contributed by atoms with Gasteiger partial charge in [-0.1, -0.05) is 19.3 Å². The molecule has 142 valence electrons. The van der Waals surface area contributed by atoms with Crippen molar-refractivity contribution in [3.63, 3.8) is 0 Å². The van der Waals surface area contributed by atoms with Gasteiger partial charge in [0, 0.05) is 43.7 Å². The number of hydrogen-bond acceptors (Lipinski definition) is 4. The Hall–Kier alpha value is -1.14. The summed E-state index contributed by atoms with van der Waals surface area (Å²) < 4.78 is 30.0. The molecule has 3 rings (SSSR count). The molecule has 6 nitrogen and oxygen atoms in total. The molecule has 0 spiro atoms. The molecule has 0 atom stereocenters. The first-order valence-electron chi connectivity index (χ1n) is 9.11. The third kappa shape index (κ3) is 4.06.